The monoisotopic (exact) mass is 476 g/mol. The molecule has 0 aromatic rings. The lowest BCUT2D eigenvalue weighted by molar-refractivity contribution is -0.436. The van der Waals surface area contributed by atoms with E-state index in [0.717, 1.165) is 0 Å². The van der Waals surface area contributed by atoms with Gasteiger partial charge in [-0.1, -0.05) is 20.3 Å². The second-order valence-electron chi connectivity index (χ2n) is 6.09. The molecule has 1 amide bonds. The van der Waals surface area contributed by atoms with Gasteiger partial charge in [0.1, 0.15) is 0 Å². The zero-order valence-electron chi connectivity index (χ0n) is 15.3. The first-order chi connectivity index (χ1) is 13.2. The maximum absolute atomic E-state index is 13.9. The number of nitrogens with one attached hydrogen (secondary N) is 1. The van der Waals surface area contributed by atoms with Crippen molar-refractivity contribution in [1.29, 1.82) is 0 Å². The number of nitrogens with zero attached hydrogens (tertiary/aromatic N) is 1. The van der Waals surface area contributed by atoms with Crippen LogP contribution in [0.5, 0.6) is 0 Å². The third kappa shape index (κ3) is 4.56. The van der Waals surface area contributed by atoms with E-state index in [-0.39, 0.29) is 24.4 Å². The summed E-state index contributed by atoms with van der Waals surface area (Å²) in [6.07, 6.45) is -7.19. The van der Waals surface area contributed by atoms with Gasteiger partial charge in [0.15, 0.2) is 0 Å². The van der Waals surface area contributed by atoms with E-state index in [1.165, 1.54) is 6.92 Å². The van der Waals surface area contributed by atoms with Crippen LogP contribution in [0.2, 0.25) is 0 Å². The maximum atomic E-state index is 13.9. The summed E-state index contributed by atoms with van der Waals surface area (Å²) in [5, 5.41) is -0.320. The van der Waals surface area contributed by atoms with E-state index in [4.69, 9.17) is 0 Å². The van der Waals surface area contributed by atoms with Gasteiger partial charge in [-0.05, 0) is 12.8 Å². The Hall–Kier alpha value is -1.48. The SMILES string of the molecule is CCCCNN(CCC)C(=O)C(F)(F)C(F)(F)C(F)(F)C(F)(F)C(F)(F)C(F)(F)F. The van der Waals surface area contributed by atoms with Crippen LogP contribution in [0.4, 0.5) is 57.1 Å². The van der Waals surface area contributed by atoms with Crippen LogP contribution >= 0.6 is 0 Å². The van der Waals surface area contributed by atoms with E-state index in [0.29, 0.717) is 6.42 Å². The number of hydrazine groups is 1. The molecule has 0 aromatic carbocycles. The van der Waals surface area contributed by atoms with Gasteiger partial charge in [-0.15, -0.1) is 0 Å². The quantitative estimate of drug-likeness (QED) is 0.251. The summed E-state index contributed by atoms with van der Waals surface area (Å²) in [7, 11) is 0. The standard InChI is InChI=1S/C14H17F13N2O/c1-3-5-6-28-29(7-4-2)8(30)9(15,16)10(17,18)11(19,20)12(21,22)13(23,24)14(25,26)27/h28H,3-7H2,1-2H3. The topological polar surface area (TPSA) is 32.3 Å². The number of halogens is 13. The zero-order chi connectivity index (χ0) is 24.4. The van der Waals surface area contributed by atoms with Crippen molar-refractivity contribution in [3.63, 3.8) is 0 Å². The average molecular weight is 476 g/mol. The van der Waals surface area contributed by atoms with E-state index >= 15 is 0 Å². The van der Waals surface area contributed by atoms with Gasteiger partial charge in [-0.25, -0.2) is 5.43 Å². The Labute approximate surface area is 161 Å². The second-order valence-corrected chi connectivity index (χ2v) is 6.09. The van der Waals surface area contributed by atoms with Crippen LogP contribution in [0.3, 0.4) is 0 Å². The highest BCUT2D eigenvalue weighted by molar-refractivity contribution is 5.84. The predicted octanol–water partition coefficient (Wildman–Crippen LogP) is 5.27. The minimum Gasteiger partial charge on any atom is -0.273 e. The molecule has 0 saturated heterocycles. The van der Waals surface area contributed by atoms with Crippen molar-refractivity contribution >= 4 is 5.91 Å². The van der Waals surface area contributed by atoms with Gasteiger partial charge in [-0.3, -0.25) is 9.80 Å². The van der Waals surface area contributed by atoms with Crippen molar-refractivity contribution in [2.45, 2.75) is 68.9 Å². The Kier molecular flexibility index (Phi) is 8.50. The van der Waals surface area contributed by atoms with Gasteiger partial charge in [0, 0.05) is 13.1 Å². The van der Waals surface area contributed by atoms with Crippen molar-refractivity contribution in [2.75, 3.05) is 13.1 Å². The molecule has 0 spiro atoms. The van der Waals surface area contributed by atoms with Crippen LogP contribution in [-0.2, 0) is 4.79 Å². The summed E-state index contributed by atoms with van der Waals surface area (Å²) in [5.41, 5.74) is 1.85. The third-order valence-electron chi connectivity index (χ3n) is 3.73. The number of carbonyl (C=O) groups excluding carboxylic acids is 1. The first kappa shape index (κ1) is 28.5. The molecule has 0 radical (unpaired) electrons. The molecule has 16 heteroatoms. The smallest absolute Gasteiger partial charge is 0.273 e. The van der Waals surface area contributed by atoms with Gasteiger partial charge in [0.05, 0.1) is 0 Å². The summed E-state index contributed by atoms with van der Waals surface area (Å²) in [6.45, 7) is 1.63. The first-order valence-electron chi connectivity index (χ1n) is 8.19. The molecule has 0 aliphatic rings. The lowest BCUT2D eigenvalue weighted by atomic mass is 9.93. The fourth-order valence-electron chi connectivity index (χ4n) is 1.94. The molecule has 0 bridgehead atoms. The van der Waals surface area contributed by atoms with E-state index < -0.39 is 48.2 Å². The van der Waals surface area contributed by atoms with E-state index in [1.54, 1.807) is 6.92 Å². The number of alkyl halides is 13. The molecule has 30 heavy (non-hydrogen) atoms. The Bertz CT molecular complexity index is 589. The summed E-state index contributed by atoms with van der Waals surface area (Å²) < 4.78 is 170. The molecule has 0 fully saturated rings. The van der Waals surface area contributed by atoms with Crippen molar-refractivity contribution in [1.82, 2.24) is 10.4 Å². The van der Waals surface area contributed by atoms with Gasteiger partial charge in [0.25, 0.3) is 0 Å². The van der Waals surface area contributed by atoms with E-state index in [1.807, 2.05) is 5.43 Å². The van der Waals surface area contributed by atoms with Crippen LogP contribution in [0.15, 0.2) is 0 Å². The van der Waals surface area contributed by atoms with Crippen molar-refractivity contribution < 1.29 is 61.9 Å². The first-order valence-corrected chi connectivity index (χ1v) is 8.19. The molecular formula is C14H17F13N2O. The molecular weight excluding hydrogens is 459 g/mol. The number of unbranched alkanes of at least 4 members (excludes halogenated alkanes) is 1. The van der Waals surface area contributed by atoms with Crippen molar-refractivity contribution in [2.24, 2.45) is 0 Å². The van der Waals surface area contributed by atoms with E-state index in [9.17, 15) is 61.9 Å². The third-order valence-corrected chi connectivity index (χ3v) is 3.73. The Morgan fingerprint density at radius 2 is 1.13 bits per heavy atom. The normalized spacial score (nSPS) is 14.8. The highest BCUT2D eigenvalue weighted by atomic mass is 19.4. The lowest BCUT2D eigenvalue weighted by Crippen LogP contribution is -2.72. The minimum atomic E-state index is -8.03. The molecule has 180 valence electrons. The summed E-state index contributed by atoms with van der Waals surface area (Å²) in [5.74, 6) is -41.5. The van der Waals surface area contributed by atoms with Crippen LogP contribution in [0.25, 0.3) is 0 Å². The van der Waals surface area contributed by atoms with Crippen LogP contribution in [-0.4, -0.2) is 59.8 Å². The average Bonchev–Trinajstić information content (AvgIpc) is 2.58. The van der Waals surface area contributed by atoms with Gasteiger partial charge >= 0.3 is 41.7 Å². The highest BCUT2D eigenvalue weighted by Crippen LogP contribution is 2.60. The molecule has 0 saturated carbocycles. The van der Waals surface area contributed by atoms with E-state index in [2.05, 4.69) is 0 Å². The van der Waals surface area contributed by atoms with Crippen LogP contribution in [0, 0.1) is 0 Å². The summed E-state index contributed by atoms with van der Waals surface area (Å²) in [4.78, 5) is 11.7. The van der Waals surface area contributed by atoms with Gasteiger partial charge in [-0.2, -0.15) is 57.1 Å². The molecule has 0 aliphatic carbocycles. The lowest BCUT2D eigenvalue weighted by Gasteiger charge is -2.40. The Balaban J connectivity index is 6.23. The van der Waals surface area contributed by atoms with Crippen molar-refractivity contribution in [3.05, 3.63) is 0 Å². The van der Waals surface area contributed by atoms with Crippen LogP contribution < -0.4 is 5.43 Å². The molecule has 0 rings (SSSR count). The van der Waals surface area contributed by atoms with Gasteiger partial charge in [0.2, 0.25) is 0 Å². The zero-order valence-corrected chi connectivity index (χ0v) is 15.3. The number of rotatable bonds is 11. The Morgan fingerprint density at radius 1 is 0.700 bits per heavy atom. The molecule has 0 atom stereocenters. The second kappa shape index (κ2) is 8.94. The molecule has 0 unspecified atom stereocenters. The van der Waals surface area contributed by atoms with Gasteiger partial charge < -0.3 is 0 Å². The minimum absolute atomic E-state index is 0.154. The fraction of sp³-hybridized carbons (Fsp3) is 0.929. The molecule has 0 heterocycles. The maximum Gasteiger partial charge on any atom is 0.460 e. The predicted molar refractivity (Wildman–Crippen MR) is 75.7 cm³/mol. The fourth-order valence-corrected chi connectivity index (χ4v) is 1.94. The number of carbonyl (C=O) groups is 1. The van der Waals surface area contributed by atoms with Crippen molar-refractivity contribution in [3.8, 4) is 0 Å². The number of amides is 1. The largest absolute Gasteiger partial charge is 0.460 e. The molecule has 0 aliphatic heterocycles. The summed E-state index contributed by atoms with van der Waals surface area (Å²) >= 11 is 0. The summed E-state index contributed by atoms with van der Waals surface area (Å²) in [6, 6.07) is 0. The molecule has 0 aromatic heterocycles. The number of hydrogen-bond donors (Lipinski definition) is 1. The molecule has 3 nitrogen and oxygen atoms in total. The molecule has 1 N–H and O–H groups in total. The highest BCUT2D eigenvalue weighted by Gasteiger charge is 2.91. The Morgan fingerprint density at radius 3 is 1.50 bits per heavy atom. The van der Waals surface area contributed by atoms with Crippen LogP contribution in [0.1, 0.15) is 33.1 Å². The number of hydrogen-bond acceptors (Lipinski definition) is 2.